The Morgan fingerprint density at radius 1 is 0.587 bits per heavy atom. The maximum atomic E-state index is 13.7. The van der Waals surface area contributed by atoms with Gasteiger partial charge >= 0.3 is 12.4 Å². The van der Waals surface area contributed by atoms with Crippen LogP contribution in [0.15, 0.2) is 140 Å². The van der Waals surface area contributed by atoms with Gasteiger partial charge in [0.1, 0.15) is 0 Å². The van der Waals surface area contributed by atoms with Crippen LogP contribution in [-0.2, 0) is 24.9 Å². The summed E-state index contributed by atoms with van der Waals surface area (Å²) in [4.78, 5) is 13.7. The predicted octanol–water partition coefficient (Wildman–Crippen LogP) is 8.93. The van der Waals surface area contributed by atoms with Crippen molar-refractivity contribution in [2.45, 2.75) is 31.0 Å². The van der Waals surface area contributed by atoms with Gasteiger partial charge in [-0.1, -0.05) is 97.1 Å². The molecule has 0 saturated carbocycles. The standard InChI is InChI=1S/C37H30F6NOP/c38-36(39,40)30-22-29(23-31(24-30)37(41,42)43)35(45)44-32(21-27-13-5-1-6-14-27)26-46(33-17-9-3-10-18-33,34-19-11-4-12-20-34)25-28-15-7-2-8-16-28/h1-20,22-24,32H,21,25-26H2/p+1/t32-/m0/s1. The summed E-state index contributed by atoms with van der Waals surface area (Å²) in [6, 6.07) is 39.4. The molecule has 0 unspecified atom stereocenters. The first-order chi connectivity index (χ1) is 21.9. The molecule has 1 amide bonds. The van der Waals surface area contributed by atoms with E-state index in [0.717, 1.165) is 21.7 Å². The summed E-state index contributed by atoms with van der Waals surface area (Å²) in [5.41, 5.74) is -1.84. The van der Waals surface area contributed by atoms with Gasteiger partial charge in [-0.3, -0.25) is 4.79 Å². The third-order valence-electron chi connectivity index (χ3n) is 7.84. The topological polar surface area (TPSA) is 29.1 Å². The van der Waals surface area contributed by atoms with Crippen molar-refractivity contribution in [2.75, 3.05) is 6.16 Å². The third-order valence-corrected chi connectivity index (χ3v) is 12.4. The fraction of sp³-hybridized carbons (Fsp3) is 0.162. The van der Waals surface area contributed by atoms with Crippen LogP contribution >= 0.6 is 7.26 Å². The molecule has 0 aromatic heterocycles. The molecular formula is C37H31F6NOP+. The quantitative estimate of drug-likeness (QED) is 0.119. The summed E-state index contributed by atoms with van der Waals surface area (Å²) in [6.07, 6.45) is -8.80. The fourth-order valence-corrected chi connectivity index (χ4v) is 10.2. The molecule has 46 heavy (non-hydrogen) atoms. The maximum Gasteiger partial charge on any atom is 0.416 e. The van der Waals surface area contributed by atoms with Gasteiger partial charge in [0.15, 0.2) is 0 Å². The summed E-state index contributed by atoms with van der Waals surface area (Å²) >= 11 is 0. The molecule has 0 aliphatic carbocycles. The second-order valence-corrected chi connectivity index (χ2v) is 14.8. The minimum absolute atomic E-state index is 0.0272. The number of hydrogen-bond acceptors (Lipinski definition) is 1. The van der Waals surface area contributed by atoms with Gasteiger partial charge in [0.05, 0.1) is 47.4 Å². The molecule has 2 nitrogen and oxygen atoms in total. The van der Waals surface area contributed by atoms with Crippen molar-refractivity contribution in [3.63, 3.8) is 0 Å². The predicted molar refractivity (Wildman–Crippen MR) is 172 cm³/mol. The molecule has 1 N–H and O–H groups in total. The highest BCUT2D eigenvalue weighted by molar-refractivity contribution is 7.88. The highest BCUT2D eigenvalue weighted by Gasteiger charge is 2.45. The second-order valence-electron chi connectivity index (χ2n) is 11.1. The molecule has 0 spiro atoms. The Morgan fingerprint density at radius 2 is 1.00 bits per heavy atom. The number of amides is 1. The van der Waals surface area contributed by atoms with E-state index in [1.807, 2.05) is 121 Å². The minimum atomic E-state index is -5.07. The van der Waals surface area contributed by atoms with Crippen LogP contribution in [0.3, 0.4) is 0 Å². The number of halogens is 6. The van der Waals surface area contributed by atoms with Crippen LogP contribution in [0.2, 0.25) is 0 Å². The lowest BCUT2D eigenvalue weighted by Gasteiger charge is -2.32. The van der Waals surface area contributed by atoms with Crippen molar-refractivity contribution in [1.29, 1.82) is 0 Å². The second kappa shape index (κ2) is 13.9. The first-order valence-corrected chi connectivity index (χ1v) is 16.8. The zero-order valence-corrected chi connectivity index (χ0v) is 25.5. The zero-order chi connectivity index (χ0) is 32.8. The lowest BCUT2D eigenvalue weighted by molar-refractivity contribution is -0.143. The average Bonchev–Trinajstić information content (AvgIpc) is 3.05. The van der Waals surface area contributed by atoms with Gasteiger partial charge in [-0.05, 0) is 60.0 Å². The van der Waals surface area contributed by atoms with Gasteiger partial charge in [0.25, 0.3) is 5.91 Å². The molecule has 5 rings (SSSR count). The van der Waals surface area contributed by atoms with Gasteiger partial charge in [0, 0.05) is 5.56 Å². The van der Waals surface area contributed by atoms with Crippen molar-refractivity contribution in [3.8, 4) is 0 Å². The zero-order valence-electron chi connectivity index (χ0n) is 24.6. The van der Waals surface area contributed by atoms with Gasteiger partial charge in [-0.2, -0.15) is 26.3 Å². The number of carbonyl (C=O) groups is 1. The van der Waals surface area contributed by atoms with E-state index in [1.54, 1.807) is 0 Å². The summed E-state index contributed by atoms with van der Waals surface area (Å²) in [6.45, 7) is 0. The van der Waals surface area contributed by atoms with Crippen LogP contribution in [0.25, 0.3) is 0 Å². The molecule has 236 valence electrons. The molecule has 0 aliphatic rings. The molecule has 5 aromatic carbocycles. The van der Waals surface area contributed by atoms with E-state index >= 15 is 0 Å². The third kappa shape index (κ3) is 8.04. The van der Waals surface area contributed by atoms with Crippen molar-refractivity contribution >= 4 is 23.8 Å². The van der Waals surface area contributed by atoms with Crippen molar-refractivity contribution < 1.29 is 31.1 Å². The molecule has 0 aliphatic heterocycles. The van der Waals surface area contributed by atoms with E-state index in [1.165, 1.54) is 0 Å². The van der Waals surface area contributed by atoms with Gasteiger partial charge in [0.2, 0.25) is 0 Å². The molecule has 0 radical (unpaired) electrons. The summed E-state index contributed by atoms with van der Waals surface area (Å²) in [5.74, 6) is -1.00. The summed E-state index contributed by atoms with van der Waals surface area (Å²) < 4.78 is 82.0. The Bertz CT molecular complexity index is 1660. The Hall–Kier alpha value is -4.42. The van der Waals surface area contributed by atoms with Gasteiger partial charge in [-0.25, -0.2) is 0 Å². The first-order valence-electron chi connectivity index (χ1n) is 14.6. The van der Waals surface area contributed by atoms with E-state index in [9.17, 15) is 31.1 Å². The van der Waals surface area contributed by atoms with Gasteiger partial charge < -0.3 is 5.32 Å². The van der Waals surface area contributed by atoms with Crippen LogP contribution in [0.5, 0.6) is 0 Å². The van der Waals surface area contributed by atoms with Crippen LogP contribution in [0, 0.1) is 0 Å². The molecule has 0 fully saturated rings. The molecule has 5 aromatic rings. The SMILES string of the molecule is O=C(N[C@@H](Cc1ccccc1)C[P+](Cc1ccccc1)(c1ccccc1)c1ccccc1)c1cc(C(F)(F)F)cc(C(F)(F)F)c1. The van der Waals surface area contributed by atoms with Gasteiger partial charge in [-0.15, -0.1) is 0 Å². The average molecular weight is 651 g/mol. The van der Waals surface area contributed by atoms with Crippen molar-refractivity contribution in [3.05, 3.63) is 167 Å². The van der Waals surface area contributed by atoms with Crippen LogP contribution in [0.4, 0.5) is 26.3 Å². The van der Waals surface area contributed by atoms with Crippen molar-refractivity contribution in [2.24, 2.45) is 0 Å². The first kappa shape index (κ1) is 33.0. The minimum Gasteiger partial charge on any atom is -0.345 e. The maximum absolute atomic E-state index is 13.7. The largest absolute Gasteiger partial charge is 0.416 e. The highest BCUT2D eigenvalue weighted by Crippen LogP contribution is 2.59. The fourth-order valence-electron chi connectivity index (χ4n) is 5.72. The molecule has 1 atom stereocenters. The van der Waals surface area contributed by atoms with E-state index in [2.05, 4.69) is 5.32 Å². The number of benzene rings is 5. The Balaban J connectivity index is 1.62. The number of rotatable bonds is 10. The monoisotopic (exact) mass is 650 g/mol. The highest BCUT2D eigenvalue weighted by atomic mass is 31.2. The normalized spacial score (nSPS) is 12.8. The lowest BCUT2D eigenvalue weighted by atomic mass is 10.0. The van der Waals surface area contributed by atoms with Crippen molar-refractivity contribution in [1.82, 2.24) is 5.32 Å². The van der Waals surface area contributed by atoms with Crippen LogP contribution < -0.4 is 15.9 Å². The number of nitrogens with one attached hydrogen (secondary N) is 1. The van der Waals surface area contributed by atoms with Crippen LogP contribution in [0.1, 0.15) is 32.6 Å². The summed E-state index contributed by atoms with van der Waals surface area (Å²) in [7, 11) is -2.41. The van der Waals surface area contributed by atoms with E-state index in [0.29, 0.717) is 30.9 Å². The van der Waals surface area contributed by atoms with E-state index in [-0.39, 0.29) is 6.07 Å². The summed E-state index contributed by atoms with van der Waals surface area (Å²) in [5, 5.41) is 5.00. The van der Waals surface area contributed by atoms with E-state index < -0.39 is 48.3 Å². The molecule has 0 heterocycles. The Labute approximate surface area is 264 Å². The molecular weight excluding hydrogens is 619 g/mol. The lowest BCUT2D eigenvalue weighted by Crippen LogP contribution is -2.43. The number of carbonyl (C=O) groups excluding carboxylic acids is 1. The Morgan fingerprint density at radius 3 is 1.43 bits per heavy atom. The number of alkyl halides is 6. The van der Waals surface area contributed by atoms with E-state index in [4.69, 9.17) is 0 Å². The smallest absolute Gasteiger partial charge is 0.345 e. The Kier molecular flexibility index (Phi) is 9.97. The molecule has 0 saturated heterocycles. The molecule has 9 heteroatoms. The van der Waals surface area contributed by atoms with Crippen LogP contribution in [-0.4, -0.2) is 18.1 Å². The number of hydrogen-bond donors (Lipinski definition) is 1. The molecule has 0 bridgehead atoms.